The zero-order chi connectivity index (χ0) is 18.9. The van der Waals surface area contributed by atoms with E-state index in [1.54, 1.807) is 0 Å². The van der Waals surface area contributed by atoms with Crippen molar-refractivity contribution in [2.75, 3.05) is 0 Å². The molecule has 0 aliphatic carbocycles. The lowest BCUT2D eigenvalue weighted by molar-refractivity contribution is -0.137. The summed E-state index contributed by atoms with van der Waals surface area (Å²) in [5.41, 5.74) is 1.46. The fourth-order valence-corrected chi connectivity index (χ4v) is 2.64. The predicted molar refractivity (Wildman–Crippen MR) is 89.7 cm³/mol. The molecular formula is C19H15F3N2O2. The summed E-state index contributed by atoms with van der Waals surface area (Å²) in [5.74, 6) is -0.517. The molecule has 0 saturated carbocycles. The first-order chi connectivity index (χ1) is 12.2. The van der Waals surface area contributed by atoms with Gasteiger partial charge in [0.05, 0.1) is 12.1 Å². The Balaban J connectivity index is 1.78. The Kier molecular flexibility index (Phi) is 4.54. The number of carbonyl (C=O) groups excluding carboxylic acids is 2. The lowest BCUT2D eigenvalue weighted by Gasteiger charge is -2.12. The first kappa shape index (κ1) is 17.7. The van der Waals surface area contributed by atoms with Gasteiger partial charge in [0, 0.05) is 0 Å². The van der Waals surface area contributed by atoms with Gasteiger partial charge in [0.25, 0.3) is 5.91 Å². The summed E-state index contributed by atoms with van der Waals surface area (Å²) in [6.07, 6.45) is -3.07. The first-order valence-corrected chi connectivity index (χ1v) is 7.81. The fourth-order valence-electron chi connectivity index (χ4n) is 2.64. The van der Waals surface area contributed by atoms with E-state index in [0.717, 1.165) is 28.2 Å². The van der Waals surface area contributed by atoms with E-state index in [1.165, 1.54) is 18.2 Å². The zero-order valence-electron chi connectivity index (χ0n) is 13.8. The second kappa shape index (κ2) is 6.67. The molecular weight excluding hydrogens is 345 g/mol. The molecule has 1 saturated heterocycles. The number of nitrogens with one attached hydrogen (secondary N) is 1. The fraction of sp³-hybridized carbons (Fsp3) is 0.158. The molecule has 0 aromatic heterocycles. The van der Waals surface area contributed by atoms with Crippen molar-refractivity contribution in [2.24, 2.45) is 0 Å². The van der Waals surface area contributed by atoms with Crippen LogP contribution in [0.1, 0.15) is 22.3 Å². The average molecular weight is 360 g/mol. The third kappa shape index (κ3) is 3.77. The summed E-state index contributed by atoms with van der Waals surface area (Å²) in [4.78, 5) is 25.6. The van der Waals surface area contributed by atoms with Gasteiger partial charge in [0.15, 0.2) is 0 Å². The molecule has 134 valence electrons. The molecule has 0 spiro atoms. The van der Waals surface area contributed by atoms with E-state index in [-0.39, 0.29) is 12.2 Å². The lowest BCUT2D eigenvalue weighted by atomic mass is 10.1. The van der Waals surface area contributed by atoms with Gasteiger partial charge in [0.1, 0.15) is 5.70 Å². The number of hydrogen-bond acceptors (Lipinski definition) is 2. The zero-order valence-corrected chi connectivity index (χ0v) is 13.8. The Morgan fingerprint density at radius 3 is 2.38 bits per heavy atom. The number of rotatable bonds is 3. The number of benzene rings is 2. The molecule has 1 fully saturated rings. The van der Waals surface area contributed by atoms with Gasteiger partial charge >= 0.3 is 12.2 Å². The van der Waals surface area contributed by atoms with E-state index in [2.05, 4.69) is 5.32 Å². The molecule has 0 atom stereocenters. The SMILES string of the molecule is Cc1cccc(CN2C(=O)N/C(=C/c3ccc(C(F)(F)F)cc3)C2=O)c1. The summed E-state index contributed by atoms with van der Waals surface area (Å²) in [6, 6.07) is 11.2. The molecule has 3 amide bonds. The van der Waals surface area contributed by atoms with Gasteiger partial charge in [0.2, 0.25) is 0 Å². The smallest absolute Gasteiger partial charge is 0.303 e. The summed E-state index contributed by atoms with van der Waals surface area (Å²) in [6.45, 7) is 2.03. The van der Waals surface area contributed by atoms with Crippen molar-refractivity contribution >= 4 is 18.0 Å². The largest absolute Gasteiger partial charge is 0.416 e. The first-order valence-electron chi connectivity index (χ1n) is 7.81. The van der Waals surface area contributed by atoms with Gasteiger partial charge in [-0.15, -0.1) is 0 Å². The van der Waals surface area contributed by atoms with Gasteiger partial charge in [-0.3, -0.25) is 9.69 Å². The molecule has 2 aromatic carbocycles. The highest BCUT2D eigenvalue weighted by Gasteiger charge is 2.34. The highest BCUT2D eigenvalue weighted by Crippen LogP contribution is 2.29. The summed E-state index contributed by atoms with van der Waals surface area (Å²) in [5, 5.41) is 2.46. The quantitative estimate of drug-likeness (QED) is 0.662. The summed E-state index contributed by atoms with van der Waals surface area (Å²) < 4.78 is 37.8. The van der Waals surface area contributed by atoms with Crippen LogP contribution < -0.4 is 5.32 Å². The Hall–Kier alpha value is -3.09. The van der Waals surface area contributed by atoms with Crippen molar-refractivity contribution in [3.05, 3.63) is 76.5 Å². The number of amides is 3. The number of urea groups is 1. The number of carbonyl (C=O) groups is 2. The number of nitrogens with zero attached hydrogens (tertiary/aromatic N) is 1. The molecule has 2 aromatic rings. The van der Waals surface area contributed by atoms with Crippen LogP contribution in [-0.2, 0) is 17.5 Å². The Bertz CT molecular complexity index is 886. The topological polar surface area (TPSA) is 49.4 Å². The average Bonchev–Trinajstić information content (AvgIpc) is 2.82. The van der Waals surface area contributed by atoms with Crippen molar-refractivity contribution in [1.29, 1.82) is 0 Å². The van der Waals surface area contributed by atoms with Gasteiger partial charge in [-0.1, -0.05) is 42.0 Å². The third-order valence-corrected chi connectivity index (χ3v) is 3.93. The van der Waals surface area contributed by atoms with Gasteiger partial charge in [-0.05, 0) is 36.3 Å². The normalized spacial score (nSPS) is 16.3. The van der Waals surface area contributed by atoms with E-state index in [1.807, 2.05) is 31.2 Å². The van der Waals surface area contributed by atoms with Gasteiger partial charge in [-0.25, -0.2) is 4.79 Å². The van der Waals surface area contributed by atoms with Crippen LogP contribution >= 0.6 is 0 Å². The molecule has 7 heteroatoms. The van der Waals surface area contributed by atoms with E-state index in [0.29, 0.717) is 5.56 Å². The molecule has 0 unspecified atom stereocenters. The van der Waals surface area contributed by atoms with Crippen LogP contribution in [0.15, 0.2) is 54.2 Å². The Labute approximate surface area is 147 Å². The molecule has 1 aliphatic heterocycles. The van der Waals surface area contributed by atoms with Crippen molar-refractivity contribution in [1.82, 2.24) is 10.2 Å². The molecule has 26 heavy (non-hydrogen) atoms. The predicted octanol–water partition coefficient (Wildman–Crippen LogP) is 4.11. The van der Waals surface area contributed by atoms with Crippen LogP contribution in [0.25, 0.3) is 6.08 Å². The maximum atomic E-state index is 12.6. The highest BCUT2D eigenvalue weighted by molar-refractivity contribution is 6.13. The molecule has 0 bridgehead atoms. The molecule has 0 radical (unpaired) electrons. The summed E-state index contributed by atoms with van der Waals surface area (Å²) >= 11 is 0. The standard InChI is InChI=1S/C19H15F3N2O2/c1-12-3-2-4-14(9-12)11-24-17(25)16(23-18(24)26)10-13-5-7-15(8-6-13)19(20,21)22/h2-10H,11H2,1H3,(H,23,26)/b16-10+. The molecule has 1 heterocycles. The number of imide groups is 1. The second-order valence-electron chi connectivity index (χ2n) is 5.99. The minimum absolute atomic E-state index is 0.0300. The third-order valence-electron chi connectivity index (χ3n) is 3.93. The van der Waals surface area contributed by atoms with E-state index in [4.69, 9.17) is 0 Å². The van der Waals surface area contributed by atoms with Crippen molar-refractivity contribution in [3.63, 3.8) is 0 Å². The molecule has 1 N–H and O–H groups in total. The van der Waals surface area contributed by atoms with Crippen LogP contribution in [0.3, 0.4) is 0 Å². The van der Waals surface area contributed by atoms with Crippen molar-refractivity contribution < 1.29 is 22.8 Å². The van der Waals surface area contributed by atoms with Gasteiger partial charge in [-0.2, -0.15) is 13.2 Å². The summed E-state index contributed by atoms with van der Waals surface area (Å²) in [7, 11) is 0. The van der Waals surface area contributed by atoms with Crippen LogP contribution in [0.2, 0.25) is 0 Å². The molecule has 3 rings (SSSR count). The maximum Gasteiger partial charge on any atom is 0.416 e. The maximum absolute atomic E-state index is 12.6. The minimum Gasteiger partial charge on any atom is -0.303 e. The van der Waals surface area contributed by atoms with Crippen molar-refractivity contribution in [2.45, 2.75) is 19.6 Å². The van der Waals surface area contributed by atoms with Crippen LogP contribution in [-0.4, -0.2) is 16.8 Å². The van der Waals surface area contributed by atoms with E-state index in [9.17, 15) is 22.8 Å². The Morgan fingerprint density at radius 2 is 1.77 bits per heavy atom. The monoisotopic (exact) mass is 360 g/mol. The number of halogens is 3. The van der Waals surface area contributed by atoms with Crippen LogP contribution in [0.5, 0.6) is 0 Å². The highest BCUT2D eigenvalue weighted by atomic mass is 19.4. The number of hydrogen-bond donors (Lipinski definition) is 1. The number of alkyl halides is 3. The number of aryl methyl sites for hydroxylation is 1. The Morgan fingerprint density at radius 1 is 1.08 bits per heavy atom. The van der Waals surface area contributed by atoms with E-state index >= 15 is 0 Å². The van der Waals surface area contributed by atoms with Crippen LogP contribution in [0, 0.1) is 6.92 Å². The minimum atomic E-state index is -4.42. The van der Waals surface area contributed by atoms with E-state index < -0.39 is 23.7 Å². The van der Waals surface area contributed by atoms with Gasteiger partial charge < -0.3 is 5.32 Å². The van der Waals surface area contributed by atoms with Crippen LogP contribution in [0.4, 0.5) is 18.0 Å². The molecule has 4 nitrogen and oxygen atoms in total. The lowest BCUT2D eigenvalue weighted by Crippen LogP contribution is -2.30. The molecule has 1 aliphatic rings. The van der Waals surface area contributed by atoms with Crippen molar-refractivity contribution in [3.8, 4) is 0 Å². The second-order valence-corrected chi connectivity index (χ2v) is 5.99.